The molecule has 3 aromatic rings. The van der Waals surface area contributed by atoms with Crippen LogP contribution in [0.4, 0.5) is 10.2 Å². The Bertz CT molecular complexity index is 1220. The van der Waals surface area contributed by atoms with Gasteiger partial charge in [-0.2, -0.15) is 5.10 Å². The third kappa shape index (κ3) is 3.31. The summed E-state index contributed by atoms with van der Waals surface area (Å²) in [5.74, 6) is -1.11. The Morgan fingerprint density at radius 2 is 1.89 bits per heavy atom. The lowest BCUT2D eigenvalue weighted by Crippen LogP contribution is -2.17. The summed E-state index contributed by atoms with van der Waals surface area (Å²) >= 11 is 0. The third-order valence-electron chi connectivity index (χ3n) is 4.84. The van der Waals surface area contributed by atoms with Crippen molar-refractivity contribution >= 4 is 21.6 Å². The maximum Gasteiger partial charge on any atom is 0.256 e. The van der Waals surface area contributed by atoms with Crippen molar-refractivity contribution in [3.8, 4) is 5.69 Å². The first kappa shape index (κ1) is 18.4. The van der Waals surface area contributed by atoms with Crippen molar-refractivity contribution in [1.29, 1.82) is 0 Å². The Hall–Kier alpha value is -3.00. The molecule has 8 heteroatoms. The van der Waals surface area contributed by atoms with Crippen molar-refractivity contribution in [3.05, 3.63) is 76.2 Å². The van der Waals surface area contributed by atoms with Crippen LogP contribution in [0.15, 0.2) is 42.5 Å². The van der Waals surface area contributed by atoms with Crippen LogP contribution in [0.25, 0.3) is 5.69 Å². The van der Waals surface area contributed by atoms with Gasteiger partial charge in [-0.15, -0.1) is 0 Å². The zero-order chi connectivity index (χ0) is 20.1. The molecule has 144 valence electrons. The normalized spacial score (nSPS) is 14.7. The molecule has 6 nitrogen and oxygen atoms in total. The first-order chi connectivity index (χ1) is 13.2. The van der Waals surface area contributed by atoms with Gasteiger partial charge in [0, 0.05) is 11.1 Å². The molecule has 2 heterocycles. The molecule has 28 heavy (non-hydrogen) atoms. The van der Waals surface area contributed by atoms with E-state index in [0.717, 1.165) is 17.2 Å². The summed E-state index contributed by atoms with van der Waals surface area (Å²) in [7, 11) is -3.29. The van der Waals surface area contributed by atoms with Crippen molar-refractivity contribution in [1.82, 2.24) is 9.78 Å². The fourth-order valence-electron chi connectivity index (χ4n) is 3.22. The maximum absolute atomic E-state index is 13.5. The maximum atomic E-state index is 13.5. The van der Waals surface area contributed by atoms with Crippen molar-refractivity contribution in [2.24, 2.45) is 0 Å². The zero-order valence-electron chi connectivity index (χ0n) is 15.4. The van der Waals surface area contributed by atoms with E-state index in [1.54, 1.807) is 4.68 Å². The number of carbonyl (C=O) groups excluding carboxylic acids is 1. The van der Waals surface area contributed by atoms with Crippen LogP contribution >= 0.6 is 0 Å². The van der Waals surface area contributed by atoms with E-state index >= 15 is 0 Å². The van der Waals surface area contributed by atoms with Crippen LogP contribution < -0.4 is 5.32 Å². The molecule has 0 spiro atoms. The van der Waals surface area contributed by atoms with Crippen LogP contribution in [0, 0.1) is 19.7 Å². The standard InChI is InChI=1S/C20H18FN3O3S/c1-12-6-7-16(8-13(12)2)24-19(17-10-28(26,27)11-18(17)23-24)22-20(25)14-4-3-5-15(21)9-14/h3-9H,10-11H2,1-2H3,(H,22,25). The van der Waals surface area contributed by atoms with E-state index in [1.807, 2.05) is 32.0 Å². The highest BCUT2D eigenvalue weighted by Gasteiger charge is 2.33. The van der Waals surface area contributed by atoms with E-state index in [2.05, 4.69) is 10.4 Å². The summed E-state index contributed by atoms with van der Waals surface area (Å²) in [5, 5.41) is 7.18. The minimum Gasteiger partial charge on any atom is -0.306 e. The second-order valence-corrected chi connectivity index (χ2v) is 9.02. The van der Waals surface area contributed by atoms with Crippen molar-refractivity contribution < 1.29 is 17.6 Å². The molecule has 1 aliphatic heterocycles. The molecule has 0 saturated heterocycles. The Morgan fingerprint density at radius 1 is 1.11 bits per heavy atom. The largest absolute Gasteiger partial charge is 0.306 e. The predicted molar refractivity (Wildman–Crippen MR) is 104 cm³/mol. The SMILES string of the molecule is Cc1ccc(-n2nc3c(c2NC(=O)c2cccc(F)c2)CS(=O)(=O)C3)cc1C. The van der Waals surface area contributed by atoms with Gasteiger partial charge in [0.2, 0.25) is 0 Å². The summed E-state index contributed by atoms with van der Waals surface area (Å²) in [6.07, 6.45) is 0. The number of aromatic nitrogens is 2. The number of amides is 1. The summed E-state index contributed by atoms with van der Waals surface area (Å²) < 4.78 is 39.1. The number of nitrogens with one attached hydrogen (secondary N) is 1. The molecule has 4 rings (SSSR count). The minimum atomic E-state index is -3.29. The topological polar surface area (TPSA) is 81.1 Å². The molecule has 0 bridgehead atoms. The lowest BCUT2D eigenvalue weighted by molar-refractivity contribution is 0.102. The molecular weight excluding hydrogens is 381 g/mol. The smallest absolute Gasteiger partial charge is 0.256 e. The van der Waals surface area contributed by atoms with Gasteiger partial charge in [-0.3, -0.25) is 4.79 Å². The van der Waals surface area contributed by atoms with Gasteiger partial charge in [-0.05, 0) is 55.3 Å². The number of carbonyl (C=O) groups is 1. The van der Waals surface area contributed by atoms with Crippen LogP contribution in [0.2, 0.25) is 0 Å². The summed E-state index contributed by atoms with van der Waals surface area (Å²) in [5.41, 5.74) is 3.90. The van der Waals surface area contributed by atoms with E-state index in [-0.39, 0.29) is 17.1 Å². The molecule has 0 unspecified atom stereocenters. The fourth-order valence-corrected chi connectivity index (χ4v) is 4.72. The number of fused-ring (bicyclic) bond motifs is 1. The molecule has 1 aromatic heterocycles. The number of aryl methyl sites for hydroxylation is 2. The van der Waals surface area contributed by atoms with E-state index in [4.69, 9.17) is 0 Å². The zero-order valence-corrected chi connectivity index (χ0v) is 16.2. The quantitative estimate of drug-likeness (QED) is 0.733. The lowest BCUT2D eigenvalue weighted by atomic mass is 10.1. The molecule has 1 aliphatic rings. The van der Waals surface area contributed by atoms with Crippen LogP contribution in [0.3, 0.4) is 0 Å². The first-order valence-electron chi connectivity index (χ1n) is 8.69. The minimum absolute atomic E-state index is 0.141. The number of rotatable bonds is 3. The molecule has 0 radical (unpaired) electrons. The predicted octanol–water partition coefficient (Wildman–Crippen LogP) is 3.31. The third-order valence-corrected chi connectivity index (χ3v) is 6.28. The summed E-state index contributed by atoms with van der Waals surface area (Å²) in [6.45, 7) is 3.95. The average Bonchev–Trinajstić information content (AvgIpc) is 3.10. The van der Waals surface area contributed by atoms with Crippen LogP contribution in [0.1, 0.15) is 32.7 Å². The monoisotopic (exact) mass is 399 g/mol. The number of sulfone groups is 1. The summed E-state index contributed by atoms with van der Waals surface area (Å²) in [4.78, 5) is 12.7. The fraction of sp³-hybridized carbons (Fsp3) is 0.200. The van der Waals surface area contributed by atoms with Gasteiger partial charge in [-0.1, -0.05) is 12.1 Å². The van der Waals surface area contributed by atoms with E-state index in [0.29, 0.717) is 22.8 Å². The molecular formula is C20H18FN3O3S. The Balaban J connectivity index is 1.80. The highest BCUT2D eigenvalue weighted by atomic mass is 32.2. The second-order valence-electron chi connectivity index (χ2n) is 6.95. The van der Waals surface area contributed by atoms with Gasteiger partial charge in [0.1, 0.15) is 11.6 Å². The molecule has 1 N–H and O–H groups in total. The highest BCUT2D eigenvalue weighted by molar-refractivity contribution is 7.90. The van der Waals surface area contributed by atoms with E-state index in [9.17, 15) is 17.6 Å². The van der Waals surface area contributed by atoms with Gasteiger partial charge in [0.25, 0.3) is 5.91 Å². The lowest BCUT2D eigenvalue weighted by Gasteiger charge is -2.12. The molecule has 0 aliphatic carbocycles. The molecule has 0 fully saturated rings. The van der Waals surface area contributed by atoms with Crippen molar-refractivity contribution in [3.63, 3.8) is 0 Å². The Labute approximate surface area is 161 Å². The summed E-state index contributed by atoms with van der Waals surface area (Å²) in [6, 6.07) is 11.0. The highest BCUT2D eigenvalue weighted by Crippen LogP contribution is 2.33. The first-order valence-corrected chi connectivity index (χ1v) is 10.5. The van der Waals surface area contributed by atoms with E-state index in [1.165, 1.54) is 18.2 Å². The van der Waals surface area contributed by atoms with Crippen LogP contribution in [-0.4, -0.2) is 24.1 Å². The van der Waals surface area contributed by atoms with Gasteiger partial charge in [0.05, 0.1) is 22.9 Å². The van der Waals surface area contributed by atoms with Gasteiger partial charge in [-0.25, -0.2) is 17.5 Å². The Kier molecular flexibility index (Phi) is 4.30. The van der Waals surface area contributed by atoms with Crippen LogP contribution in [-0.2, 0) is 21.3 Å². The molecule has 0 atom stereocenters. The number of benzene rings is 2. The van der Waals surface area contributed by atoms with Crippen LogP contribution in [0.5, 0.6) is 0 Å². The second kappa shape index (κ2) is 6.56. The van der Waals surface area contributed by atoms with E-state index < -0.39 is 21.6 Å². The number of hydrogen-bond acceptors (Lipinski definition) is 4. The number of halogens is 1. The average molecular weight is 399 g/mol. The number of hydrogen-bond donors (Lipinski definition) is 1. The molecule has 1 amide bonds. The van der Waals surface area contributed by atoms with Crippen molar-refractivity contribution in [2.75, 3.05) is 5.32 Å². The van der Waals surface area contributed by atoms with Crippen molar-refractivity contribution in [2.45, 2.75) is 25.4 Å². The van der Waals surface area contributed by atoms with Gasteiger partial charge < -0.3 is 5.32 Å². The van der Waals surface area contributed by atoms with Gasteiger partial charge in [0.15, 0.2) is 9.84 Å². The molecule has 0 saturated carbocycles. The Morgan fingerprint density at radius 3 is 2.61 bits per heavy atom. The number of anilines is 1. The van der Waals surface area contributed by atoms with Gasteiger partial charge >= 0.3 is 0 Å². The number of nitrogens with zero attached hydrogens (tertiary/aromatic N) is 2. The molecule has 2 aromatic carbocycles.